The number of aromatic hydroxyl groups is 1. The quantitative estimate of drug-likeness (QED) is 0.281. The van der Waals surface area contributed by atoms with E-state index in [1.165, 1.54) is 25.4 Å². The molecule has 1 aliphatic heterocycles. The third-order valence-electron chi connectivity index (χ3n) is 6.30. The Bertz CT molecular complexity index is 1630. The molecule has 1 aliphatic rings. The molecule has 1 saturated heterocycles. The van der Waals surface area contributed by atoms with Crippen LogP contribution in [-0.4, -0.2) is 67.5 Å². The normalized spacial score (nSPS) is 13.9. The molecule has 3 N–H and O–H groups in total. The summed E-state index contributed by atoms with van der Waals surface area (Å²) in [5.41, 5.74) is 1.60. The van der Waals surface area contributed by atoms with E-state index in [1.807, 2.05) is 4.90 Å². The molecule has 0 radical (unpaired) electrons. The minimum Gasteiger partial charge on any atom is -1.00 e. The molecule has 0 unspecified atom stereocenters. The number of imidazole rings is 1. The maximum absolute atomic E-state index is 13.3. The summed E-state index contributed by atoms with van der Waals surface area (Å²) in [7, 11) is -2.32. The van der Waals surface area contributed by atoms with Crippen molar-refractivity contribution in [3.8, 4) is 17.3 Å². The lowest BCUT2D eigenvalue weighted by atomic mass is 10.1. The number of H-pyrrole nitrogens is 2. The molecule has 4 heterocycles. The number of ether oxygens (including phenoxy) is 1. The fourth-order valence-electron chi connectivity index (χ4n) is 4.22. The van der Waals surface area contributed by atoms with Gasteiger partial charge in [-0.3, -0.25) is 13.5 Å². The van der Waals surface area contributed by atoms with Gasteiger partial charge in [0, 0.05) is 32.8 Å². The number of aromatic amines is 2. The van der Waals surface area contributed by atoms with Gasteiger partial charge in [-0.2, -0.15) is 0 Å². The Kier molecular flexibility index (Phi) is 7.63. The van der Waals surface area contributed by atoms with Gasteiger partial charge in [0.25, 0.3) is 0 Å². The first-order valence-corrected chi connectivity index (χ1v) is 13.4. The minimum absolute atomic E-state index is 0. The van der Waals surface area contributed by atoms with Gasteiger partial charge in [-0.25, -0.2) is 27.8 Å². The van der Waals surface area contributed by atoms with Gasteiger partial charge in [0.2, 0.25) is 21.5 Å². The fraction of sp³-hybridized carbons (Fsp3) is 0.292. The van der Waals surface area contributed by atoms with Crippen molar-refractivity contribution in [1.29, 1.82) is 0 Å². The summed E-state index contributed by atoms with van der Waals surface area (Å²) >= 11 is 0. The highest BCUT2D eigenvalue weighted by molar-refractivity contribution is 7.92. The second kappa shape index (κ2) is 10.6. The zero-order chi connectivity index (χ0) is 26.3. The van der Waals surface area contributed by atoms with Crippen molar-refractivity contribution in [3.05, 3.63) is 70.2 Å². The zero-order valence-corrected chi connectivity index (χ0v) is 22.2. The van der Waals surface area contributed by atoms with Gasteiger partial charge in [0.15, 0.2) is 5.65 Å². The van der Waals surface area contributed by atoms with Crippen LogP contribution in [0.1, 0.15) is 11.3 Å². The molecule has 0 amide bonds. The van der Waals surface area contributed by atoms with Gasteiger partial charge in [0.1, 0.15) is 17.7 Å². The van der Waals surface area contributed by atoms with E-state index in [4.69, 9.17) is 4.74 Å². The third kappa shape index (κ3) is 5.30. The second-order valence-electron chi connectivity index (χ2n) is 8.84. The summed E-state index contributed by atoms with van der Waals surface area (Å²) in [5.74, 6) is -0.671. The van der Waals surface area contributed by atoms with Crippen LogP contribution in [0.3, 0.4) is 0 Å². The summed E-state index contributed by atoms with van der Waals surface area (Å²) in [6, 6.07) is 7.71. The van der Waals surface area contributed by atoms with Crippen molar-refractivity contribution < 1.29 is 40.0 Å². The molecule has 1 fully saturated rings. The fourth-order valence-corrected chi connectivity index (χ4v) is 4.71. The van der Waals surface area contributed by atoms with Crippen molar-refractivity contribution in [2.24, 2.45) is 0 Å². The molecule has 4 aromatic rings. The van der Waals surface area contributed by atoms with Crippen molar-refractivity contribution in [2.45, 2.75) is 6.42 Å². The first kappa shape index (κ1) is 27.4. The van der Waals surface area contributed by atoms with E-state index in [2.05, 4.69) is 15.0 Å². The van der Waals surface area contributed by atoms with Crippen molar-refractivity contribution >= 4 is 27.0 Å². The van der Waals surface area contributed by atoms with Crippen LogP contribution in [-0.2, 0) is 21.2 Å². The number of aromatic nitrogens is 4. The second-order valence-corrected chi connectivity index (χ2v) is 10.9. The topological polar surface area (TPSA) is 134 Å². The highest BCUT2D eigenvalue weighted by Gasteiger charge is 2.26. The summed E-state index contributed by atoms with van der Waals surface area (Å²) < 4.78 is 45.8. The molecule has 0 aliphatic carbocycles. The molecule has 5 rings (SSSR count). The Morgan fingerprint density at radius 3 is 2.58 bits per heavy atom. The molecule has 0 saturated carbocycles. The summed E-state index contributed by atoms with van der Waals surface area (Å²) in [6.45, 7) is 2.12. The van der Waals surface area contributed by atoms with Crippen LogP contribution >= 0.6 is 0 Å². The van der Waals surface area contributed by atoms with E-state index >= 15 is 0 Å². The van der Waals surface area contributed by atoms with E-state index < -0.39 is 21.3 Å². The molecular weight excluding hydrogens is 539 g/mol. The number of fused-ring (bicyclic) bond motifs is 1. The molecule has 38 heavy (non-hydrogen) atoms. The number of hydrogen-bond donors (Lipinski definition) is 2. The molecular formula is C24H26ClFN6O5S. The number of rotatable bonds is 6. The van der Waals surface area contributed by atoms with Crippen LogP contribution in [0, 0.1) is 5.82 Å². The number of hydrogen-bond acceptors (Lipinski definition) is 7. The van der Waals surface area contributed by atoms with E-state index in [0.29, 0.717) is 44.1 Å². The average Bonchev–Trinajstić information content (AvgIpc) is 3.34. The van der Waals surface area contributed by atoms with Crippen LogP contribution in [0.5, 0.6) is 5.75 Å². The van der Waals surface area contributed by atoms with E-state index in [1.54, 1.807) is 24.4 Å². The van der Waals surface area contributed by atoms with Gasteiger partial charge in [-0.15, -0.1) is 0 Å². The van der Waals surface area contributed by atoms with Gasteiger partial charge in [-0.05, 0) is 23.8 Å². The standard InChI is InChI=1S/C24H25FN6O5S.ClH/c1-29(37(2,34)35)19-12-18(30-7-9-36-10-8-30)14-31-23(19)28-20(21(32)24(31)33)22-26-13-17(27-22)11-15-3-5-16(25)6-4-15;/h3-6,12-14,32H,7-11H2,1-2H3,(H,26,27);1H. The predicted octanol–water partition coefficient (Wildman–Crippen LogP) is -1.82. The van der Waals surface area contributed by atoms with Crippen LogP contribution in [0.2, 0.25) is 0 Å². The third-order valence-corrected chi connectivity index (χ3v) is 7.49. The van der Waals surface area contributed by atoms with Crippen LogP contribution in [0.15, 0.2) is 47.5 Å². The van der Waals surface area contributed by atoms with E-state index in [-0.39, 0.29) is 41.1 Å². The Morgan fingerprint density at radius 1 is 1.24 bits per heavy atom. The summed E-state index contributed by atoms with van der Waals surface area (Å²) in [6.07, 6.45) is 4.70. The largest absolute Gasteiger partial charge is 1.00 e. The number of morpholine rings is 1. The Morgan fingerprint density at radius 2 is 1.92 bits per heavy atom. The molecule has 1 aromatic carbocycles. The molecule has 11 nitrogen and oxygen atoms in total. The molecule has 0 bridgehead atoms. The minimum atomic E-state index is -3.70. The number of halogens is 2. The first-order valence-electron chi connectivity index (χ1n) is 11.5. The first-order chi connectivity index (χ1) is 17.6. The lowest BCUT2D eigenvalue weighted by Gasteiger charge is -2.30. The van der Waals surface area contributed by atoms with Crippen molar-refractivity contribution in [1.82, 2.24) is 14.4 Å². The smallest absolute Gasteiger partial charge is 0.307 e. The molecule has 202 valence electrons. The predicted molar refractivity (Wildman–Crippen MR) is 135 cm³/mol. The van der Waals surface area contributed by atoms with Crippen LogP contribution in [0.25, 0.3) is 17.2 Å². The molecule has 14 heteroatoms. The Labute approximate surface area is 224 Å². The van der Waals surface area contributed by atoms with Crippen molar-refractivity contribution in [3.63, 3.8) is 0 Å². The number of nitrogens with zero attached hydrogens (tertiary/aromatic N) is 4. The molecule has 0 atom stereocenters. The van der Waals surface area contributed by atoms with Gasteiger partial charge >= 0.3 is 11.4 Å². The van der Waals surface area contributed by atoms with Crippen molar-refractivity contribution in [2.75, 3.05) is 48.8 Å². The van der Waals surface area contributed by atoms with Gasteiger partial charge in [-0.1, -0.05) is 12.1 Å². The number of benzene rings is 1. The average molecular weight is 565 g/mol. The summed E-state index contributed by atoms with van der Waals surface area (Å²) in [5, 5.41) is 10.8. The van der Waals surface area contributed by atoms with E-state index in [0.717, 1.165) is 20.5 Å². The molecule has 0 spiro atoms. The monoisotopic (exact) mass is 564 g/mol. The maximum atomic E-state index is 13.3. The van der Waals surface area contributed by atoms with E-state index in [9.17, 15) is 22.7 Å². The lowest BCUT2D eigenvalue weighted by molar-refractivity contribution is -0.362. The van der Waals surface area contributed by atoms with Gasteiger partial charge in [0.05, 0.1) is 30.8 Å². The highest BCUT2D eigenvalue weighted by atomic mass is 35.5. The summed E-state index contributed by atoms with van der Waals surface area (Å²) in [4.78, 5) is 25.9. The number of nitrogens with one attached hydrogen (secondary N) is 2. The zero-order valence-electron chi connectivity index (χ0n) is 20.6. The van der Waals surface area contributed by atoms with Gasteiger partial charge < -0.3 is 27.2 Å². The Hall–Kier alpha value is -3.68. The highest BCUT2D eigenvalue weighted by Crippen LogP contribution is 2.30. The Balaban J connectivity index is 0.00000336. The lowest BCUT2D eigenvalue weighted by Crippen LogP contribution is -3.00. The number of pyridine rings is 1. The molecule has 3 aromatic heterocycles. The van der Waals surface area contributed by atoms with Crippen LogP contribution < -0.4 is 32.2 Å². The maximum Gasteiger partial charge on any atom is 0.307 e. The van der Waals surface area contributed by atoms with Crippen LogP contribution in [0.4, 0.5) is 15.8 Å². The number of anilines is 2. The SMILES string of the molecule is CN(c1cc(N2CCOCC2)cn2c(=O)c(O)c(-c3[nH]c(Cc4ccc(F)cc4)c[nH+]3)nc12)S(C)(=O)=O.[Cl-]. The number of sulfonamides is 1.